The summed E-state index contributed by atoms with van der Waals surface area (Å²) in [6, 6.07) is 3.69. The minimum absolute atomic E-state index is 0.245. The van der Waals surface area contributed by atoms with Gasteiger partial charge in [0.15, 0.2) is 11.5 Å². The van der Waals surface area contributed by atoms with Crippen molar-refractivity contribution in [2.75, 3.05) is 6.79 Å². The second-order valence-electron chi connectivity index (χ2n) is 9.18. The highest BCUT2D eigenvalue weighted by atomic mass is 16.7. The van der Waals surface area contributed by atoms with E-state index in [2.05, 4.69) is 33.8 Å². The molecule has 3 heteroatoms. The molecule has 3 aliphatic rings. The molecule has 1 heterocycles. The molecule has 4 rings (SSSR count). The van der Waals surface area contributed by atoms with E-state index in [9.17, 15) is 5.11 Å². The van der Waals surface area contributed by atoms with Gasteiger partial charge in [0, 0.05) is 6.07 Å². The van der Waals surface area contributed by atoms with Crippen molar-refractivity contribution in [2.24, 2.45) is 22.7 Å². The molecule has 136 valence electrons. The number of phenolic OH excluding ortho intramolecular Hbond substituents is 1. The number of allylic oxidation sites excluding steroid dienone is 2. The zero-order valence-electron chi connectivity index (χ0n) is 15.9. The van der Waals surface area contributed by atoms with E-state index in [0.717, 1.165) is 17.7 Å². The minimum atomic E-state index is 0.245. The molecule has 1 saturated carbocycles. The van der Waals surface area contributed by atoms with Crippen LogP contribution >= 0.6 is 0 Å². The Morgan fingerprint density at radius 1 is 1.12 bits per heavy atom. The molecule has 1 N–H and O–H groups in total. The Balaban J connectivity index is 1.69. The van der Waals surface area contributed by atoms with Gasteiger partial charge in [0.25, 0.3) is 0 Å². The maximum absolute atomic E-state index is 10.5. The average Bonchev–Trinajstić information content (AvgIpc) is 2.97. The van der Waals surface area contributed by atoms with Gasteiger partial charge in [-0.15, -0.1) is 0 Å². The summed E-state index contributed by atoms with van der Waals surface area (Å²) in [4.78, 5) is 0. The molecule has 0 unspecified atom stereocenters. The van der Waals surface area contributed by atoms with Crippen LogP contribution in [-0.4, -0.2) is 11.9 Å². The lowest BCUT2D eigenvalue weighted by molar-refractivity contribution is -0.0369. The van der Waals surface area contributed by atoms with Gasteiger partial charge in [0.2, 0.25) is 6.79 Å². The number of benzene rings is 1. The van der Waals surface area contributed by atoms with Crippen LogP contribution in [0.15, 0.2) is 23.8 Å². The molecule has 1 aromatic rings. The van der Waals surface area contributed by atoms with E-state index in [1.165, 1.54) is 31.3 Å². The number of ether oxygens (including phenoxy) is 2. The van der Waals surface area contributed by atoms with Crippen LogP contribution in [0, 0.1) is 22.7 Å². The Bertz CT molecular complexity index is 718. The number of phenols is 1. The van der Waals surface area contributed by atoms with Gasteiger partial charge >= 0.3 is 0 Å². The van der Waals surface area contributed by atoms with Crippen LogP contribution in [0.5, 0.6) is 17.2 Å². The van der Waals surface area contributed by atoms with Crippen molar-refractivity contribution in [2.45, 2.75) is 59.8 Å². The largest absolute Gasteiger partial charge is 0.508 e. The highest BCUT2D eigenvalue weighted by molar-refractivity contribution is 5.51. The first kappa shape index (κ1) is 16.8. The zero-order chi connectivity index (χ0) is 17.8. The SMILES string of the molecule is CC1=CC[C@H]2C(C)(C)CCC[C@]2(C)[C@H]1Cc1cc2c(cc1O)OCO2. The molecule has 0 spiro atoms. The quantitative estimate of drug-likeness (QED) is 0.725. The third-order valence-electron chi connectivity index (χ3n) is 7.30. The maximum Gasteiger partial charge on any atom is 0.231 e. The lowest BCUT2D eigenvalue weighted by Crippen LogP contribution is -2.49. The molecule has 0 saturated heterocycles. The summed E-state index contributed by atoms with van der Waals surface area (Å²) in [5, 5.41) is 10.5. The van der Waals surface area contributed by atoms with Crippen molar-refractivity contribution in [3.8, 4) is 17.2 Å². The Morgan fingerprint density at radius 3 is 2.60 bits per heavy atom. The fourth-order valence-electron chi connectivity index (χ4n) is 5.89. The van der Waals surface area contributed by atoms with E-state index in [1.807, 2.05) is 6.07 Å². The summed E-state index contributed by atoms with van der Waals surface area (Å²) >= 11 is 0. The van der Waals surface area contributed by atoms with Gasteiger partial charge in [-0.25, -0.2) is 0 Å². The number of rotatable bonds is 2. The summed E-state index contributed by atoms with van der Waals surface area (Å²) in [6.07, 6.45) is 8.42. The molecule has 2 aliphatic carbocycles. The van der Waals surface area contributed by atoms with Crippen molar-refractivity contribution < 1.29 is 14.6 Å². The number of hydrogen-bond donors (Lipinski definition) is 1. The van der Waals surface area contributed by atoms with Gasteiger partial charge in [0.05, 0.1) is 0 Å². The van der Waals surface area contributed by atoms with E-state index in [4.69, 9.17) is 9.47 Å². The maximum atomic E-state index is 10.5. The normalized spacial score (nSPS) is 32.9. The number of hydrogen-bond acceptors (Lipinski definition) is 3. The molecule has 0 aromatic heterocycles. The molecular formula is C22H30O3. The Morgan fingerprint density at radius 2 is 1.84 bits per heavy atom. The second kappa shape index (κ2) is 5.69. The molecular weight excluding hydrogens is 312 g/mol. The van der Waals surface area contributed by atoms with Crippen LogP contribution in [0.2, 0.25) is 0 Å². The van der Waals surface area contributed by atoms with Crippen LogP contribution in [0.25, 0.3) is 0 Å². The Hall–Kier alpha value is -1.64. The highest BCUT2D eigenvalue weighted by Gasteiger charge is 2.51. The second-order valence-corrected chi connectivity index (χ2v) is 9.18. The summed E-state index contributed by atoms with van der Waals surface area (Å²) < 4.78 is 10.9. The van der Waals surface area contributed by atoms with E-state index in [0.29, 0.717) is 34.2 Å². The highest BCUT2D eigenvalue weighted by Crippen LogP contribution is 2.60. The van der Waals surface area contributed by atoms with E-state index >= 15 is 0 Å². The van der Waals surface area contributed by atoms with Gasteiger partial charge in [0.1, 0.15) is 5.75 Å². The van der Waals surface area contributed by atoms with E-state index in [1.54, 1.807) is 6.07 Å². The van der Waals surface area contributed by atoms with Gasteiger partial charge in [-0.1, -0.05) is 38.8 Å². The van der Waals surface area contributed by atoms with Crippen LogP contribution in [0.1, 0.15) is 58.9 Å². The number of aromatic hydroxyl groups is 1. The first-order valence-electron chi connectivity index (χ1n) is 9.59. The third-order valence-corrected chi connectivity index (χ3v) is 7.30. The van der Waals surface area contributed by atoms with Crippen LogP contribution < -0.4 is 9.47 Å². The Labute approximate surface area is 151 Å². The van der Waals surface area contributed by atoms with Gasteiger partial charge in [-0.3, -0.25) is 0 Å². The van der Waals surface area contributed by atoms with Crippen molar-refractivity contribution in [1.29, 1.82) is 0 Å². The number of fused-ring (bicyclic) bond motifs is 2. The predicted molar refractivity (Wildman–Crippen MR) is 99.0 cm³/mol. The van der Waals surface area contributed by atoms with Gasteiger partial charge in [-0.05, 0) is 66.9 Å². The van der Waals surface area contributed by atoms with Crippen molar-refractivity contribution in [3.63, 3.8) is 0 Å². The summed E-state index contributed by atoms with van der Waals surface area (Å²) in [5.41, 5.74) is 3.14. The third kappa shape index (κ3) is 2.63. The van der Waals surface area contributed by atoms with Crippen LogP contribution in [-0.2, 0) is 6.42 Å². The van der Waals surface area contributed by atoms with Crippen LogP contribution in [0.4, 0.5) is 0 Å². The smallest absolute Gasteiger partial charge is 0.231 e. The van der Waals surface area contributed by atoms with Crippen molar-refractivity contribution >= 4 is 0 Å². The molecule has 3 nitrogen and oxygen atoms in total. The molecule has 3 atom stereocenters. The first-order valence-corrected chi connectivity index (χ1v) is 9.59. The first-order chi connectivity index (χ1) is 11.8. The Kier molecular flexibility index (Phi) is 3.82. The minimum Gasteiger partial charge on any atom is -0.508 e. The predicted octanol–water partition coefficient (Wildman–Crippen LogP) is 5.46. The van der Waals surface area contributed by atoms with Gasteiger partial charge in [-0.2, -0.15) is 0 Å². The lowest BCUT2D eigenvalue weighted by Gasteiger charge is -2.57. The zero-order valence-corrected chi connectivity index (χ0v) is 15.9. The molecule has 1 aromatic carbocycles. The summed E-state index contributed by atoms with van der Waals surface area (Å²) in [5.74, 6) is 2.92. The molecule has 1 aliphatic heterocycles. The fraction of sp³-hybridized carbons (Fsp3) is 0.636. The molecule has 0 radical (unpaired) electrons. The molecule has 25 heavy (non-hydrogen) atoms. The fourth-order valence-corrected chi connectivity index (χ4v) is 5.89. The van der Waals surface area contributed by atoms with Gasteiger partial charge < -0.3 is 14.6 Å². The summed E-state index contributed by atoms with van der Waals surface area (Å²) in [7, 11) is 0. The van der Waals surface area contributed by atoms with E-state index < -0.39 is 0 Å². The van der Waals surface area contributed by atoms with Crippen molar-refractivity contribution in [1.82, 2.24) is 0 Å². The topological polar surface area (TPSA) is 38.7 Å². The lowest BCUT2D eigenvalue weighted by atomic mass is 9.48. The van der Waals surface area contributed by atoms with E-state index in [-0.39, 0.29) is 6.79 Å². The van der Waals surface area contributed by atoms with Crippen LogP contribution in [0.3, 0.4) is 0 Å². The molecule has 0 amide bonds. The van der Waals surface area contributed by atoms with Crippen molar-refractivity contribution in [3.05, 3.63) is 29.3 Å². The molecule has 1 fully saturated rings. The average molecular weight is 342 g/mol. The molecule has 0 bridgehead atoms. The summed E-state index contributed by atoms with van der Waals surface area (Å²) in [6.45, 7) is 9.90. The standard InChI is InChI=1S/C22H30O3/c1-14-6-7-20-21(2,3)8-5-9-22(20,4)16(14)10-15-11-18-19(12-17(15)23)25-13-24-18/h6,11-12,16,20,23H,5,7-10,13H2,1-4H3/t16-,20-,22+/m0/s1. The monoisotopic (exact) mass is 342 g/mol.